The normalized spacial score (nSPS) is 18.7. The molecule has 1 atom stereocenters. The van der Waals surface area contributed by atoms with Gasteiger partial charge in [0.05, 0.1) is 0 Å². The largest absolute Gasteiger partial charge is 0.297 e. The van der Waals surface area contributed by atoms with Crippen molar-refractivity contribution >= 4 is 11.6 Å². The van der Waals surface area contributed by atoms with E-state index in [0.29, 0.717) is 11.4 Å². The molecule has 1 unspecified atom stereocenters. The first-order chi connectivity index (χ1) is 9.95. The average molecular weight is 314 g/mol. The molecule has 0 amide bonds. The first-order valence-corrected chi connectivity index (χ1v) is 7.98. The molecular formula is C16H25ClFN3. The highest BCUT2D eigenvalue weighted by Gasteiger charge is 2.35. The van der Waals surface area contributed by atoms with E-state index in [2.05, 4.69) is 24.2 Å². The Morgan fingerprint density at radius 3 is 2.57 bits per heavy atom. The van der Waals surface area contributed by atoms with E-state index in [1.807, 2.05) is 0 Å². The third kappa shape index (κ3) is 3.95. The molecule has 0 radical (unpaired) electrons. The number of nitrogens with zero attached hydrogens (tertiary/aromatic N) is 1. The summed E-state index contributed by atoms with van der Waals surface area (Å²) < 4.78 is 13.2. The van der Waals surface area contributed by atoms with E-state index in [1.54, 1.807) is 6.07 Å². The Balaban J connectivity index is 2.14. The molecule has 118 valence electrons. The van der Waals surface area contributed by atoms with Crippen LogP contribution in [0.2, 0.25) is 5.02 Å². The molecule has 1 heterocycles. The van der Waals surface area contributed by atoms with Crippen LogP contribution in [0.1, 0.15) is 38.7 Å². The van der Waals surface area contributed by atoms with E-state index in [0.717, 1.165) is 18.7 Å². The number of benzene rings is 1. The van der Waals surface area contributed by atoms with Gasteiger partial charge in [-0.2, -0.15) is 0 Å². The van der Waals surface area contributed by atoms with Gasteiger partial charge >= 0.3 is 0 Å². The lowest BCUT2D eigenvalue weighted by atomic mass is 9.86. The quantitative estimate of drug-likeness (QED) is 0.648. The summed E-state index contributed by atoms with van der Waals surface area (Å²) in [6.45, 7) is 6.62. The number of likely N-dealkylation sites (tertiary alicyclic amines) is 1. The van der Waals surface area contributed by atoms with Gasteiger partial charge < -0.3 is 0 Å². The Bertz CT molecular complexity index is 473. The highest BCUT2D eigenvalue weighted by atomic mass is 35.5. The standard InChI is InChI=1S/C16H25ClFN3/c1-16(2,21-8-4-3-5-9-21)15(20-19)10-12-6-7-13(18)11-14(12)17/h6-7,11,15,20H,3-5,8-10,19H2,1-2H3. The number of hydrazine groups is 1. The van der Waals surface area contributed by atoms with Crippen LogP contribution in [0, 0.1) is 5.82 Å². The predicted molar refractivity (Wildman–Crippen MR) is 85.7 cm³/mol. The molecule has 1 aromatic carbocycles. The zero-order valence-electron chi connectivity index (χ0n) is 12.8. The van der Waals surface area contributed by atoms with E-state index < -0.39 is 0 Å². The van der Waals surface area contributed by atoms with Crippen LogP contribution in [-0.2, 0) is 6.42 Å². The van der Waals surface area contributed by atoms with Crippen molar-refractivity contribution in [1.29, 1.82) is 0 Å². The van der Waals surface area contributed by atoms with Crippen molar-refractivity contribution in [3.05, 3.63) is 34.6 Å². The smallest absolute Gasteiger partial charge is 0.124 e. The van der Waals surface area contributed by atoms with Crippen LogP contribution < -0.4 is 11.3 Å². The topological polar surface area (TPSA) is 41.3 Å². The number of halogens is 2. The van der Waals surface area contributed by atoms with Gasteiger partial charge in [-0.25, -0.2) is 4.39 Å². The van der Waals surface area contributed by atoms with Gasteiger partial charge in [-0.05, 0) is 63.9 Å². The van der Waals surface area contributed by atoms with E-state index in [-0.39, 0.29) is 17.4 Å². The van der Waals surface area contributed by atoms with Gasteiger partial charge in [-0.1, -0.05) is 24.1 Å². The van der Waals surface area contributed by atoms with Crippen LogP contribution in [0.25, 0.3) is 0 Å². The number of nitrogens with two attached hydrogens (primary N) is 1. The zero-order chi connectivity index (χ0) is 15.5. The fourth-order valence-electron chi connectivity index (χ4n) is 3.11. The lowest BCUT2D eigenvalue weighted by Gasteiger charge is -2.46. The van der Waals surface area contributed by atoms with Crippen molar-refractivity contribution < 1.29 is 4.39 Å². The molecule has 0 aromatic heterocycles. The maximum atomic E-state index is 13.2. The summed E-state index contributed by atoms with van der Waals surface area (Å²) in [6, 6.07) is 4.61. The highest BCUT2D eigenvalue weighted by Crippen LogP contribution is 2.27. The number of rotatable bonds is 5. The maximum absolute atomic E-state index is 13.2. The molecule has 0 spiro atoms. The minimum absolute atomic E-state index is 0.0542. The van der Waals surface area contributed by atoms with Crippen LogP contribution in [0.5, 0.6) is 0 Å². The summed E-state index contributed by atoms with van der Waals surface area (Å²) >= 11 is 6.14. The molecule has 2 rings (SSSR count). The first-order valence-electron chi connectivity index (χ1n) is 7.60. The van der Waals surface area contributed by atoms with Crippen molar-refractivity contribution in [2.75, 3.05) is 13.1 Å². The summed E-state index contributed by atoms with van der Waals surface area (Å²) in [4.78, 5) is 2.48. The Hall–Kier alpha value is -0.680. The van der Waals surface area contributed by atoms with Crippen LogP contribution >= 0.6 is 11.6 Å². The molecule has 1 fully saturated rings. The van der Waals surface area contributed by atoms with Crippen LogP contribution in [-0.4, -0.2) is 29.6 Å². The van der Waals surface area contributed by atoms with Crippen LogP contribution in [0.3, 0.4) is 0 Å². The summed E-state index contributed by atoms with van der Waals surface area (Å²) in [5.41, 5.74) is 3.78. The van der Waals surface area contributed by atoms with E-state index >= 15 is 0 Å². The monoisotopic (exact) mass is 313 g/mol. The Labute approximate surface area is 131 Å². The van der Waals surface area contributed by atoms with Crippen molar-refractivity contribution in [1.82, 2.24) is 10.3 Å². The van der Waals surface area contributed by atoms with Crippen molar-refractivity contribution in [3.63, 3.8) is 0 Å². The Morgan fingerprint density at radius 1 is 1.33 bits per heavy atom. The molecule has 1 saturated heterocycles. The minimum Gasteiger partial charge on any atom is -0.297 e. The fourth-order valence-corrected chi connectivity index (χ4v) is 3.35. The zero-order valence-corrected chi connectivity index (χ0v) is 13.6. The third-order valence-corrected chi connectivity index (χ3v) is 5.02. The van der Waals surface area contributed by atoms with Crippen LogP contribution in [0.15, 0.2) is 18.2 Å². The molecule has 0 saturated carbocycles. The van der Waals surface area contributed by atoms with E-state index in [1.165, 1.54) is 31.4 Å². The Morgan fingerprint density at radius 2 is 2.00 bits per heavy atom. The van der Waals surface area contributed by atoms with Gasteiger partial charge in [0.15, 0.2) is 0 Å². The number of hydrogen-bond donors (Lipinski definition) is 2. The molecule has 3 N–H and O–H groups in total. The third-order valence-electron chi connectivity index (χ3n) is 4.66. The second kappa shape index (κ2) is 7.05. The molecule has 1 aromatic rings. The summed E-state index contributed by atoms with van der Waals surface area (Å²) in [7, 11) is 0. The molecule has 0 bridgehead atoms. The fraction of sp³-hybridized carbons (Fsp3) is 0.625. The van der Waals surface area contributed by atoms with Gasteiger partial charge in [-0.15, -0.1) is 0 Å². The van der Waals surface area contributed by atoms with Crippen molar-refractivity contribution in [3.8, 4) is 0 Å². The SMILES string of the molecule is CC(C)(C(Cc1ccc(F)cc1Cl)NN)N1CCCCC1. The van der Waals surface area contributed by atoms with E-state index in [4.69, 9.17) is 17.4 Å². The minimum atomic E-state index is -0.309. The molecular weight excluding hydrogens is 289 g/mol. The Kier molecular flexibility index (Phi) is 5.60. The predicted octanol–water partition coefficient (Wildman–Crippen LogP) is 3.12. The van der Waals surface area contributed by atoms with Gasteiger partial charge in [0.25, 0.3) is 0 Å². The molecule has 21 heavy (non-hydrogen) atoms. The van der Waals surface area contributed by atoms with Crippen molar-refractivity contribution in [2.45, 2.75) is 51.1 Å². The van der Waals surface area contributed by atoms with Gasteiger partial charge in [0, 0.05) is 16.6 Å². The molecule has 5 heteroatoms. The maximum Gasteiger partial charge on any atom is 0.124 e. The number of nitrogens with one attached hydrogen (secondary N) is 1. The molecule has 0 aliphatic carbocycles. The summed E-state index contributed by atoms with van der Waals surface area (Å²) in [5.74, 6) is 5.49. The summed E-state index contributed by atoms with van der Waals surface area (Å²) in [5, 5.41) is 0.463. The van der Waals surface area contributed by atoms with Crippen LogP contribution in [0.4, 0.5) is 4.39 Å². The first kappa shape index (κ1) is 16.7. The van der Waals surface area contributed by atoms with E-state index in [9.17, 15) is 4.39 Å². The van der Waals surface area contributed by atoms with Gasteiger partial charge in [-0.3, -0.25) is 16.2 Å². The van der Waals surface area contributed by atoms with Gasteiger partial charge in [0.1, 0.15) is 5.82 Å². The van der Waals surface area contributed by atoms with Crippen molar-refractivity contribution in [2.24, 2.45) is 5.84 Å². The lowest BCUT2D eigenvalue weighted by Crippen LogP contribution is -2.61. The lowest BCUT2D eigenvalue weighted by molar-refractivity contribution is 0.0611. The van der Waals surface area contributed by atoms with Gasteiger partial charge in [0.2, 0.25) is 0 Å². The average Bonchev–Trinajstić information content (AvgIpc) is 2.47. The number of hydrogen-bond acceptors (Lipinski definition) is 3. The number of piperidine rings is 1. The molecule has 1 aliphatic heterocycles. The second-order valence-corrected chi connectivity index (χ2v) is 6.77. The second-order valence-electron chi connectivity index (χ2n) is 6.36. The molecule has 3 nitrogen and oxygen atoms in total. The summed E-state index contributed by atoms with van der Waals surface area (Å²) in [6.07, 6.45) is 4.45. The highest BCUT2D eigenvalue weighted by molar-refractivity contribution is 6.31. The molecule has 1 aliphatic rings.